The Morgan fingerprint density at radius 1 is 1.08 bits per heavy atom. The molecule has 8 heteroatoms. The summed E-state index contributed by atoms with van der Waals surface area (Å²) >= 11 is 1.63. The van der Waals surface area contributed by atoms with E-state index in [1.807, 2.05) is 23.6 Å². The zero-order valence-electron chi connectivity index (χ0n) is 20.9. The van der Waals surface area contributed by atoms with Crippen LogP contribution in [0.25, 0.3) is 22.2 Å². The van der Waals surface area contributed by atoms with Gasteiger partial charge in [0.2, 0.25) is 5.91 Å². The molecular weight excluding hydrogens is 482 g/mol. The fourth-order valence-electron chi connectivity index (χ4n) is 5.68. The first-order valence-corrected chi connectivity index (χ1v) is 14.2. The van der Waals surface area contributed by atoms with Crippen molar-refractivity contribution in [1.82, 2.24) is 15.1 Å². The number of piperidine rings is 1. The molecule has 4 aromatic rings. The number of anilines is 2. The molecule has 1 atom stereocenters. The highest BCUT2D eigenvalue weighted by molar-refractivity contribution is 7.08. The third-order valence-electron chi connectivity index (χ3n) is 7.82. The molecule has 3 N–H and O–H groups in total. The summed E-state index contributed by atoms with van der Waals surface area (Å²) in [7, 11) is 0. The Morgan fingerprint density at radius 2 is 1.86 bits per heavy atom. The minimum absolute atomic E-state index is 0.0130. The number of likely N-dealkylation sites (tertiary alicyclic amines) is 1. The third-order valence-corrected chi connectivity index (χ3v) is 8.52. The van der Waals surface area contributed by atoms with E-state index in [-0.39, 0.29) is 18.6 Å². The first-order chi connectivity index (χ1) is 18.2. The maximum atomic E-state index is 13.5. The minimum atomic E-state index is -0.261. The molecule has 0 radical (unpaired) electrons. The summed E-state index contributed by atoms with van der Waals surface area (Å²) in [6.07, 6.45) is 4.33. The lowest BCUT2D eigenvalue weighted by atomic mass is 9.97. The van der Waals surface area contributed by atoms with Crippen LogP contribution < -0.4 is 10.2 Å². The summed E-state index contributed by atoms with van der Waals surface area (Å²) in [5.74, 6) is 0.440. The van der Waals surface area contributed by atoms with Crippen LogP contribution in [0.4, 0.5) is 11.4 Å². The fourth-order valence-corrected chi connectivity index (χ4v) is 6.36. The van der Waals surface area contributed by atoms with Crippen LogP contribution in [0.2, 0.25) is 0 Å². The SMILES string of the molecule is O=C(Nc1ccc2[nH]nc(-c3ccc(N4CCC(CO)CC4)cc3)c2c1)C(c1ccsc1)N1CCCC1. The Labute approximate surface area is 221 Å². The van der Waals surface area contributed by atoms with Crippen molar-refractivity contribution in [3.8, 4) is 11.3 Å². The van der Waals surface area contributed by atoms with Crippen LogP contribution in [0.1, 0.15) is 37.3 Å². The van der Waals surface area contributed by atoms with Crippen molar-refractivity contribution in [3.63, 3.8) is 0 Å². The number of amides is 1. The van der Waals surface area contributed by atoms with Crippen LogP contribution in [0, 0.1) is 5.92 Å². The number of aromatic amines is 1. The van der Waals surface area contributed by atoms with Gasteiger partial charge in [-0.3, -0.25) is 14.8 Å². The summed E-state index contributed by atoms with van der Waals surface area (Å²) in [5, 5.41) is 25.5. The number of rotatable bonds is 7. The zero-order chi connectivity index (χ0) is 25.2. The number of nitrogens with one attached hydrogen (secondary N) is 2. The van der Waals surface area contributed by atoms with E-state index in [1.165, 1.54) is 5.69 Å². The van der Waals surface area contributed by atoms with Crippen LogP contribution in [0.5, 0.6) is 0 Å². The predicted octanol–water partition coefficient (Wildman–Crippen LogP) is 5.28. The second-order valence-electron chi connectivity index (χ2n) is 10.2. The first kappa shape index (κ1) is 24.2. The van der Waals surface area contributed by atoms with Gasteiger partial charge in [-0.2, -0.15) is 16.4 Å². The van der Waals surface area contributed by atoms with E-state index in [9.17, 15) is 9.90 Å². The summed E-state index contributed by atoms with van der Waals surface area (Å²) < 4.78 is 0. The average molecular weight is 516 g/mol. The maximum absolute atomic E-state index is 13.5. The van der Waals surface area contributed by atoms with E-state index in [0.29, 0.717) is 5.92 Å². The smallest absolute Gasteiger partial charge is 0.246 e. The number of benzene rings is 2. The lowest BCUT2D eigenvalue weighted by Gasteiger charge is -2.32. The highest BCUT2D eigenvalue weighted by Gasteiger charge is 2.30. The van der Waals surface area contributed by atoms with Crippen molar-refractivity contribution in [3.05, 3.63) is 64.9 Å². The fraction of sp³-hybridized carbons (Fsp3) is 0.379. The summed E-state index contributed by atoms with van der Waals surface area (Å²) in [5.41, 5.74) is 5.91. The van der Waals surface area contributed by atoms with Crippen LogP contribution in [-0.2, 0) is 4.79 Å². The van der Waals surface area contributed by atoms with Crippen molar-refractivity contribution in [2.45, 2.75) is 31.7 Å². The molecule has 37 heavy (non-hydrogen) atoms. The summed E-state index contributed by atoms with van der Waals surface area (Å²) in [6.45, 7) is 4.14. The lowest BCUT2D eigenvalue weighted by molar-refractivity contribution is -0.121. The Hall–Kier alpha value is -3.20. The van der Waals surface area contributed by atoms with Crippen molar-refractivity contribution < 1.29 is 9.90 Å². The van der Waals surface area contributed by atoms with Crippen LogP contribution in [0.15, 0.2) is 59.3 Å². The number of H-pyrrole nitrogens is 1. The van der Waals surface area contributed by atoms with Gasteiger partial charge in [-0.15, -0.1) is 0 Å². The number of hydrogen-bond acceptors (Lipinski definition) is 6. The van der Waals surface area contributed by atoms with E-state index in [1.54, 1.807) is 11.3 Å². The standard InChI is InChI=1S/C29H33N5O2S/c35-18-20-9-14-33(15-10-20)24-6-3-21(4-7-24)27-25-17-23(5-8-26(25)31-32-27)30-29(36)28(22-11-16-37-19-22)34-12-1-2-13-34/h3-8,11,16-17,19-20,28,35H,1-2,9-10,12-15,18H2,(H,30,36)(H,31,32). The summed E-state index contributed by atoms with van der Waals surface area (Å²) in [4.78, 5) is 18.1. The number of aliphatic hydroxyl groups is 1. The molecule has 4 heterocycles. The minimum Gasteiger partial charge on any atom is -0.396 e. The van der Waals surface area contributed by atoms with E-state index in [4.69, 9.17) is 0 Å². The molecule has 1 amide bonds. The van der Waals surface area contributed by atoms with Crippen LogP contribution in [0.3, 0.4) is 0 Å². The Morgan fingerprint density at radius 3 is 2.57 bits per heavy atom. The number of fused-ring (bicyclic) bond motifs is 1. The Kier molecular flexibility index (Phi) is 6.95. The molecule has 2 fully saturated rings. The number of hydrogen-bond donors (Lipinski definition) is 3. The largest absolute Gasteiger partial charge is 0.396 e. The van der Waals surface area contributed by atoms with Gasteiger partial charge < -0.3 is 15.3 Å². The quantitative estimate of drug-likeness (QED) is 0.312. The molecule has 2 aliphatic heterocycles. The van der Waals surface area contributed by atoms with Gasteiger partial charge in [0, 0.05) is 42.0 Å². The molecule has 0 spiro atoms. The molecule has 2 aromatic carbocycles. The molecule has 0 aliphatic carbocycles. The van der Waals surface area contributed by atoms with Gasteiger partial charge in [0.15, 0.2) is 0 Å². The molecule has 0 bridgehead atoms. The average Bonchev–Trinajstić information content (AvgIpc) is 3.72. The first-order valence-electron chi connectivity index (χ1n) is 13.2. The molecule has 6 rings (SSSR count). The predicted molar refractivity (Wildman–Crippen MR) is 150 cm³/mol. The molecule has 2 aliphatic rings. The zero-order valence-corrected chi connectivity index (χ0v) is 21.7. The molecule has 7 nitrogen and oxygen atoms in total. The van der Waals surface area contributed by atoms with Crippen molar-refractivity contribution in [1.29, 1.82) is 0 Å². The highest BCUT2D eigenvalue weighted by Crippen LogP contribution is 2.32. The second kappa shape index (κ2) is 10.7. The van der Waals surface area contributed by atoms with E-state index in [0.717, 1.165) is 85.3 Å². The normalized spacial score (nSPS) is 17.9. The Balaban J connectivity index is 1.21. The Bertz CT molecular complexity index is 1340. The number of aliphatic hydroxyl groups excluding tert-OH is 1. The van der Waals surface area contributed by atoms with Gasteiger partial charge in [0.1, 0.15) is 6.04 Å². The number of nitrogens with zero attached hydrogens (tertiary/aromatic N) is 3. The van der Waals surface area contributed by atoms with Gasteiger partial charge >= 0.3 is 0 Å². The van der Waals surface area contributed by atoms with Gasteiger partial charge in [-0.1, -0.05) is 12.1 Å². The van der Waals surface area contributed by atoms with Crippen LogP contribution in [-0.4, -0.2) is 58.9 Å². The maximum Gasteiger partial charge on any atom is 0.246 e. The topological polar surface area (TPSA) is 84.5 Å². The lowest BCUT2D eigenvalue weighted by Crippen LogP contribution is -2.35. The third kappa shape index (κ3) is 5.01. The number of carbonyl (C=O) groups excluding carboxylic acids is 1. The molecule has 1 unspecified atom stereocenters. The van der Waals surface area contributed by atoms with E-state index < -0.39 is 0 Å². The molecule has 2 aromatic heterocycles. The number of thiophene rings is 1. The molecule has 0 saturated carbocycles. The van der Waals surface area contributed by atoms with E-state index in [2.05, 4.69) is 61.0 Å². The van der Waals surface area contributed by atoms with Crippen molar-refractivity contribution in [2.75, 3.05) is 43.0 Å². The van der Waals surface area contributed by atoms with E-state index >= 15 is 0 Å². The highest BCUT2D eigenvalue weighted by atomic mass is 32.1. The van der Waals surface area contributed by atoms with Crippen molar-refractivity contribution >= 4 is 39.5 Å². The van der Waals surface area contributed by atoms with Gasteiger partial charge in [0.25, 0.3) is 0 Å². The molecule has 192 valence electrons. The molecule has 2 saturated heterocycles. The van der Waals surface area contributed by atoms with Gasteiger partial charge in [-0.05, 0) is 97.4 Å². The van der Waals surface area contributed by atoms with Gasteiger partial charge in [0.05, 0.1) is 11.2 Å². The second-order valence-corrected chi connectivity index (χ2v) is 11.0. The van der Waals surface area contributed by atoms with Crippen LogP contribution >= 0.6 is 11.3 Å². The number of aromatic nitrogens is 2. The van der Waals surface area contributed by atoms with Gasteiger partial charge in [-0.25, -0.2) is 0 Å². The summed E-state index contributed by atoms with van der Waals surface area (Å²) in [6, 6.07) is 16.3. The monoisotopic (exact) mass is 515 g/mol. The molecular formula is C29H33N5O2S. The van der Waals surface area contributed by atoms with Crippen molar-refractivity contribution in [2.24, 2.45) is 5.92 Å². The number of carbonyl (C=O) groups is 1.